The molecule has 3 N–H and O–H groups in total. The molecule has 0 aliphatic carbocycles. The van der Waals surface area contributed by atoms with E-state index >= 15 is 0 Å². The first-order chi connectivity index (χ1) is 9.29. The van der Waals surface area contributed by atoms with Gasteiger partial charge in [-0.3, -0.25) is 11.3 Å². The van der Waals surface area contributed by atoms with E-state index in [1.807, 2.05) is 31.2 Å². The van der Waals surface area contributed by atoms with Crippen LogP contribution in [0.1, 0.15) is 23.6 Å². The Balaban J connectivity index is 1.87. The molecule has 0 bridgehead atoms. The summed E-state index contributed by atoms with van der Waals surface area (Å²) in [6, 6.07) is 7.97. The minimum absolute atomic E-state index is 0.00832. The Morgan fingerprint density at radius 1 is 1.32 bits per heavy atom. The van der Waals surface area contributed by atoms with E-state index in [0.717, 1.165) is 17.7 Å². The number of ether oxygens (including phenoxy) is 1. The Morgan fingerprint density at radius 2 is 2.11 bits per heavy atom. The Hall–Kier alpha value is -1.98. The summed E-state index contributed by atoms with van der Waals surface area (Å²) in [6.07, 6.45) is 5.76. The first kappa shape index (κ1) is 13.5. The highest BCUT2D eigenvalue weighted by molar-refractivity contribution is 5.27. The first-order valence-corrected chi connectivity index (χ1v) is 6.20. The van der Waals surface area contributed by atoms with E-state index in [-0.39, 0.29) is 6.04 Å². The number of aromatic nitrogens is 2. The molecule has 19 heavy (non-hydrogen) atoms. The van der Waals surface area contributed by atoms with Crippen molar-refractivity contribution in [3.05, 3.63) is 54.1 Å². The summed E-state index contributed by atoms with van der Waals surface area (Å²) in [5.74, 6) is 6.42. The number of rotatable bonds is 6. The SMILES string of the molecule is Cc1cccc(OCCC(NN)c2cncnc2)c1. The van der Waals surface area contributed by atoms with Crippen molar-refractivity contribution < 1.29 is 4.74 Å². The molecule has 1 unspecified atom stereocenters. The van der Waals surface area contributed by atoms with Gasteiger partial charge in [-0.1, -0.05) is 12.1 Å². The van der Waals surface area contributed by atoms with Crippen LogP contribution in [0.15, 0.2) is 43.0 Å². The van der Waals surface area contributed by atoms with Crippen LogP contribution in [0.25, 0.3) is 0 Å². The molecule has 100 valence electrons. The molecule has 0 aliphatic rings. The standard InChI is InChI=1S/C14H18N4O/c1-11-3-2-4-13(7-11)19-6-5-14(18-15)12-8-16-10-17-9-12/h2-4,7-10,14,18H,5-6,15H2,1H3. The van der Waals surface area contributed by atoms with E-state index in [0.29, 0.717) is 6.61 Å². The lowest BCUT2D eigenvalue weighted by molar-refractivity contribution is 0.286. The number of nitrogens with two attached hydrogens (primary N) is 1. The predicted octanol–water partition coefficient (Wildman–Crippen LogP) is 1.76. The molecule has 1 aromatic carbocycles. The van der Waals surface area contributed by atoms with Crippen LogP contribution < -0.4 is 16.0 Å². The molecule has 5 heteroatoms. The minimum Gasteiger partial charge on any atom is -0.494 e. The van der Waals surface area contributed by atoms with Gasteiger partial charge in [0.25, 0.3) is 0 Å². The third-order valence-electron chi connectivity index (χ3n) is 2.85. The highest BCUT2D eigenvalue weighted by Crippen LogP contribution is 2.16. The fourth-order valence-electron chi connectivity index (χ4n) is 1.84. The largest absolute Gasteiger partial charge is 0.494 e. The Labute approximate surface area is 112 Å². The molecule has 0 saturated carbocycles. The van der Waals surface area contributed by atoms with Crippen LogP contribution in [0, 0.1) is 6.92 Å². The van der Waals surface area contributed by atoms with Crippen LogP contribution in [0.3, 0.4) is 0 Å². The maximum Gasteiger partial charge on any atom is 0.119 e. The van der Waals surface area contributed by atoms with E-state index in [2.05, 4.69) is 15.4 Å². The molecule has 0 radical (unpaired) electrons. The lowest BCUT2D eigenvalue weighted by Crippen LogP contribution is -2.29. The summed E-state index contributed by atoms with van der Waals surface area (Å²) < 4.78 is 5.70. The van der Waals surface area contributed by atoms with Crippen molar-refractivity contribution in [2.75, 3.05) is 6.61 Å². The van der Waals surface area contributed by atoms with E-state index in [1.54, 1.807) is 12.4 Å². The van der Waals surface area contributed by atoms with E-state index in [1.165, 1.54) is 11.9 Å². The summed E-state index contributed by atoms with van der Waals surface area (Å²) in [5, 5.41) is 0. The fraction of sp³-hybridized carbons (Fsp3) is 0.286. The van der Waals surface area contributed by atoms with Gasteiger partial charge in [0.15, 0.2) is 0 Å². The van der Waals surface area contributed by atoms with Crippen molar-refractivity contribution >= 4 is 0 Å². The maximum absolute atomic E-state index is 5.70. The molecule has 1 heterocycles. The van der Waals surface area contributed by atoms with Gasteiger partial charge in [-0.05, 0) is 24.6 Å². The van der Waals surface area contributed by atoms with Crippen molar-refractivity contribution in [3.8, 4) is 5.75 Å². The number of hydrogen-bond donors (Lipinski definition) is 2. The highest BCUT2D eigenvalue weighted by atomic mass is 16.5. The van der Waals surface area contributed by atoms with Crippen molar-refractivity contribution in [3.63, 3.8) is 0 Å². The minimum atomic E-state index is -0.00832. The zero-order chi connectivity index (χ0) is 13.5. The number of aryl methyl sites for hydroxylation is 1. The van der Waals surface area contributed by atoms with E-state index in [9.17, 15) is 0 Å². The number of hydrogen-bond acceptors (Lipinski definition) is 5. The molecule has 0 saturated heterocycles. The second-order valence-corrected chi connectivity index (χ2v) is 4.34. The molecule has 0 amide bonds. The lowest BCUT2D eigenvalue weighted by atomic mass is 10.1. The average Bonchev–Trinajstić information content (AvgIpc) is 2.45. The van der Waals surface area contributed by atoms with Crippen LogP contribution in [0.5, 0.6) is 5.75 Å². The Morgan fingerprint density at radius 3 is 2.79 bits per heavy atom. The number of nitrogens with one attached hydrogen (secondary N) is 1. The number of hydrazine groups is 1. The molecule has 0 spiro atoms. The van der Waals surface area contributed by atoms with Crippen LogP contribution in [-0.4, -0.2) is 16.6 Å². The Bertz CT molecular complexity index is 504. The zero-order valence-electron chi connectivity index (χ0n) is 10.9. The van der Waals surface area contributed by atoms with Crippen LogP contribution >= 0.6 is 0 Å². The fourth-order valence-corrected chi connectivity index (χ4v) is 1.84. The molecular formula is C14H18N4O. The third kappa shape index (κ3) is 4.01. The van der Waals surface area contributed by atoms with E-state index in [4.69, 9.17) is 10.6 Å². The van der Waals surface area contributed by atoms with Crippen LogP contribution in [0.4, 0.5) is 0 Å². The first-order valence-electron chi connectivity index (χ1n) is 6.20. The van der Waals surface area contributed by atoms with Gasteiger partial charge in [0.05, 0.1) is 12.6 Å². The summed E-state index contributed by atoms with van der Waals surface area (Å²) in [6.45, 7) is 2.62. The van der Waals surface area contributed by atoms with Crippen molar-refractivity contribution in [2.45, 2.75) is 19.4 Å². The molecule has 1 aromatic heterocycles. The van der Waals surface area contributed by atoms with Crippen molar-refractivity contribution in [2.24, 2.45) is 5.84 Å². The molecular weight excluding hydrogens is 240 g/mol. The highest BCUT2D eigenvalue weighted by Gasteiger charge is 2.10. The summed E-state index contributed by atoms with van der Waals surface area (Å²) >= 11 is 0. The summed E-state index contributed by atoms with van der Waals surface area (Å²) in [7, 11) is 0. The maximum atomic E-state index is 5.70. The molecule has 0 fully saturated rings. The summed E-state index contributed by atoms with van der Waals surface area (Å²) in [5.41, 5.74) is 4.90. The van der Waals surface area contributed by atoms with Gasteiger partial charge in [0.2, 0.25) is 0 Å². The number of benzene rings is 1. The number of nitrogens with zero attached hydrogens (tertiary/aromatic N) is 2. The Kier molecular flexibility index (Phi) is 4.83. The van der Waals surface area contributed by atoms with Gasteiger partial charge in [0, 0.05) is 24.4 Å². The monoisotopic (exact) mass is 258 g/mol. The molecule has 0 aliphatic heterocycles. The zero-order valence-corrected chi connectivity index (χ0v) is 10.9. The average molecular weight is 258 g/mol. The lowest BCUT2D eigenvalue weighted by Gasteiger charge is -2.15. The molecule has 2 aromatic rings. The van der Waals surface area contributed by atoms with E-state index < -0.39 is 0 Å². The smallest absolute Gasteiger partial charge is 0.119 e. The van der Waals surface area contributed by atoms with Crippen LogP contribution in [0.2, 0.25) is 0 Å². The van der Waals surface area contributed by atoms with Crippen LogP contribution in [-0.2, 0) is 0 Å². The quantitative estimate of drug-likeness (QED) is 0.610. The van der Waals surface area contributed by atoms with Gasteiger partial charge in [-0.15, -0.1) is 0 Å². The van der Waals surface area contributed by atoms with Gasteiger partial charge >= 0.3 is 0 Å². The van der Waals surface area contributed by atoms with Crippen molar-refractivity contribution in [1.29, 1.82) is 0 Å². The molecule has 2 rings (SSSR count). The summed E-state index contributed by atoms with van der Waals surface area (Å²) in [4.78, 5) is 7.97. The predicted molar refractivity (Wildman–Crippen MR) is 73.4 cm³/mol. The third-order valence-corrected chi connectivity index (χ3v) is 2.85. The molecule has 5 nitrogen and oxygen atoms in total. The van der Waals surface area contributed by atoms with Crippen molar-refractivity contribution in [1.82, 2.24) is 15.4 Å². The topological polar surface area (TPSA) is 73.1 Å². The van der Waals surface area contributed by atoms with Gasteiger partial charge < -0.3 is 4.74 Å². The molecule has 1 atom stereocenters. The second kappa shape index (κ2) is 6.82. The van der Waals surface area contributed by atoms with Gasteiger partial charge in [0.1, 0.15) is 12.1 Å². The second-order valence-electron chi connectivity index (χ2n) is 4.34. The van der Waals surface area contributed by atoms with Gasteiger partial charge in [-0.25, -0.2) is 9.97 Å². The normalized spacial score (nSPS) is 12.1. The van der Waals surface area contributed by atoms with Gasteiger partial charge in [-0.2, -0.15) is 0 Å².